The first-order valence-corrected chi connectivity index (χ1v) is 20.0. The largest absolute Gasteiger partial charge is 0.455 e. The molecule has 0 fully saturated rings. The summed E-state index contributed by atoms with van der Waals surface area (Å²) in [4.78, 5) is 10.7. The molecule has 0 N–H and O–H groups in total. The van der Waals surface area contributed by atoms with Crippen LogP contribution in [0.15, 0.2) is 218 Å². The number of para-hydroxylation sites is 1. The van der Waals surface area contributed by atoms with E-state index in [0.29, 0.717) is 5.82 Å². The lowest BCUT2D eigenvalue weighted by Gasteiger charge is -2.25. The van der Waals surface area contributed by atoms with E-state index in [1.54, 1.807) is 0 Å². The summed E-state index contributed by atoms with van der Waals surface area (Å²) in [6.45, 7) is 0. The third-order valence-electron chi connectivity index (χ3n) is 11.3. The van der Waals surface area contributed by atoms with Crippen LogP contribution in [-0.2, 0) is 0 Å². The number of fused-ring (bicyclic) bond motifs is 2. The number of ether oxygens (including phenoxy) is 1. The van der Waals surface area contributed by atoms with Crippen molar-refractivity contribution in [3.63, 3.8) is 0 Å². The molecule has 1 aliphatic heterocycles. The highest BCUT2D eigenvalue weighted by molar-refractivity contribution is 6.07. The zero-order valence-corrected chi connectivity index (χ0v) is 32.1. The number of benzene rings is 9. The van der Waals surface area contributed by atoms with Crippen molar-refractivity contribution in [2.75, 3.05) is 0 Å². The standard InChI is InChI=1S/C56H36N2O/c1-5-16-37(17-6-1)39-30-32-40(33-31-39)50-36-51(58-56(57-50)43-22-11-4-12-23-43)49-35-44(38-18-7-2-8-19-38)34-48(53(49)41-20-9-3-10-21-41)47-28-15-27-46-45-26-13-24-42-25-14-29-52(54(42)45)59-55(46)47/h1-36H. The minimum Gasteiger partial charge on any atom is -0.455 e. The van der Waals surface area contributed by atoms with Crippen LogP contribution < -0.4 is 4.74 Å². The van der Waals surface area contributed by atoms with Crippen molar-refractivity contribution in [1.29, 1.82) is 0 Å². The van der Waals surface area contributed by atoms with Gasteiger partial charge in [-0.2, -0.15) is 0 Å². The topological polar surface area (TPSA) is 35.0 Å². The lowest BCUT2D eigenvalue weighted by Crippen LogP contribution is -2.01. The van der Waals surface area contributed by atoms with Gasteiger partial charge in [-0.1, -0.05) is 194 Å². The number of hydrogen-bond donors (Lipinski definition) is 0. The first-order chi connectivity index (χ1) is 29.2. The summed E-state index contributed by atoms with van der Waals surface area (Å²) >= 11 is 0. The summed E-state index contributed by atoms with van der Waals surface area (Å²) in [7, 11) is 0. The molecule has 3 nitrogen and oxygen atoms in total. The fourth-order valence-corrected chi connectivity index (χ4v) is 8.48. The Balaban J connectivity index is 1.19. The van der Waals surface area contributed by atoms with E-state index < -0.39 is 0 Å². The number of nitrogens with zero attached hydrogens (tertiary/aromatic N) is 2. The quantitative estimate of drug-likeness (QED) is 0.163. The van der Waals surface area contributed by atoms with Crippen LogP contribution in [0.4, 0.5) is 0 Å². The van der Waals surface area contributed by atoms with Gasteiger partial charge < -0.3 is 4.74 Å². The average Bonchev–Trinajstić information content (AvgIpc) is 3.32. The van der Waals surface area contributed by atoms with E-state index in [1.807, 2.05) is 24.3 Å². The smallest absolute Gasteiger partial charge is 0.160 e. The predicted molar refractivity (Wildman–Crippen MR) is 243 cm³/mol. The van der Waals surface area contributed by atoms with E-state index >= 15 is 0 Å². The Morgan fingerprint density at radius 2 is 0.797 bits per heavy atom. The molecule has 0 unspecified atom stereocenters. The molecule has 0 atom stereocenters. The van der Waals surface area contributed by atoms with Crippen LogP contribution in [0.3, 0.4) is 0 Å². The van der Waals surface area contributed by atoms with E-state index in [9.17, 15) is 0 Å². The maximum absolute atomic E-state index is 6.99. The minimum absolute atomic E-state index is 0.668. The highest BCUT2D eigenvalue weighted by Gasteiger charge is 2.26. The lowest BCUT2D eigenvalue weighted by molar-refractivity contribution is 0.489. The fraction of sp³-hybridized carbons (Fsp3) is 0. The van der Waals surface area contributed by atoms with Crippen molar-refractivity contribution in [2.24, 2.45) is 0 Å². The molecule has 1 aliphatic rings. The summed E-state index contributed by atoms with van der Waals surface area (Å²) in [5.41, 5.74) is 15.7. The lowest BCUT2D eigenvalue weighted by atomic mass is 9.84. The molecule has 276 valence electrons. The van der Waals surface area contributed by atoms with Gasteiger partial charge in [0.15, 0.2) is 5.82 Å². The average molecular weight is 753 g/mol. The van der Waals surface area contributed by atoms with Crippen molar-refractivity contribution in [3.05, 3.63) is 218 Å². The second-order valence-corrected chi connectivity index (χ2v) is 14.9. The normalized spacial score (nSPS) is 11.5. The highest BCUT2D eigenvalue weighted by atomic mass is 16.5. The van der Waals surface area contributed by atoms with Crippen LogP contribution in [0.1, 0.15) is 0 Å². The Morgan fingerprint density at radius 1 is 0.305 bits per heavy atom. The van der Waals surface area contributed by atoms with Crippen LogP contribution >= 0.6 is 0 Å². The van der Waals surface area contributed by atoms with Crippen molar-refractivity contribution in [3.8, 4) is 101 Å². The molecular formula is C56H36N2O. The second kappa shape index (κ2) is 14.6. The second-order valence-electron chi connectivity index (χ2n) is 14.9. The van der Waals surface area contributed by atoms with Gasteiger partial charge in [0, 0.05) is 33.2 Å². The summed E-state index contributed by atoms with van der Waals surface area (Å²) in [6.07, 6.45) is 0. The first-order valence-electron chi connectivity index (χ1n) is 20.0. The van der Waals surface area contributed by atoms with E-state index in [0.717, 1.165) is 94.9 Å². The van der Waals surface area contributed by atoms with Crippen LogP contribution in [-0.4, -0.2) is 9.97 Å². The Bertz CT molecular complexity index is 3140. The number of hydrogen-bond acceptors (Lipinski definition) is 3. The van der Waals surface area contributed by atoms with Crippen molar-refractivity contribution >= 4 is 10.8 Å². The molecule has 0 saturated heterocycles. The Hall–Kier alpha value is -7.88. The zero-order valence-electron chi connectivity index (χ0n) is 32.1. The van der Waals surface area contributed by atoms with Gasteiger partial charge in [0.2, 0.25) is 0 Å². The Morgan fingerprint density at radius 3 is 1.47 bits per heavy atom. The van der Waals surface area contributed by atoms with Gasteiger partial charge in [0.1, 0.15) is 11.5 Å². The summed E-state index contributed by atoms with van der Waals surface area (Å²) in [5, 5.41) is 2.30. The van der Waals surface area contributed by atoms with Gasteiger partial charge in [0.25, 0.3) is 0 Å². The number of aromatic nitrogens is 2. The molecule has 11 rings (SSSR count). The van der Waals surface area contributed by atoms with E-state index in [4.69, 9.17) is 14.7 Å². The summed E-state index contributed by atoms with van der Waals surface area (Å²) in [6, 6.07) is 76.8. The van der Waals surface area contributed by atoms with Crippen LogP contribution in [0.25, 0.3) is 100 Å². The molecular weight excluding hydrogens is 717 g/mol. The number of rotatable bonds is 7. The molecule has 9 aromatic carbocycles. The van der Waals surface area contributed by atoms with Crippen LogP contribution in [0, 0.1) is 0 Å². The maximum atomic E-state index is 6.99. The highest BCUT2D eigenvalue weighted by Crippen LogP contribution is 2.53. The SMILES string of the molecule is c1ccc(-c2ccc(-c3cc(-c4cc(-c5ccccc5)cc(-c5cccc6c5Oc5cccc7cccc-6c57)c4-c4ccccc4)nc(-c4ccccc4)n3)cc2)cc1. The van der Waals surface area contributed by atoms with Crippen molar-refractivity contribution in [2.45, 2.75) is 0 Å². The van der Waals surface area contributed by atoms with Gasteiger partial charge in [-0.3, -0.25) is 0 Å². The third-order valence-corrected chi connectivity index (χ3v) is 11.3. The van der Waals surface area contributed by atoms with Gasteiger partial charge in [-0.05, 0) is 74.2 Å². The van der Waals surface area contributed by atoms with Gasteiger partial charge >= 0.3 is 0 Å². The first kappa shape index (κ1) is 34.4. The van der Waals surface area contributed by atoms with Crippen molar-refractivity contribution < 1.29 is 4.74 Å². The van der Waals surface area contributed by atoms with Gasteiger partial charge in [0.05, 0.1) is 11.4 Å². The Labute approximate surface area is 343 Å². The minimum atomic E-state index is 0.668. The molecule has 0 amide bonds. The predicted octanol–water partition coefficient (Wildman–Crippen LogP) is 15.1. The van der Waals surface area contributed by atoms with E-state index in [-0.39, 0.29) is 0 Å². The van der Waals surface area contributed by atoms with Crippen LogP contribution in [0.5, 0.6) is 11.5 Å². The maximum Gasteiger partial charge on any atom is 0.160 e. The molecule has 1 aromatic heterocycles. The molecule has 59 heavy (non-hydrogen) atoms. The molecule has 0 radical (unpaired) electrons. The zero-order chi connectivity index (χ0) is 39.1. The third kappa shape index (κ3) is 6.26. The molecule has 3 heteroatoms. The molecule has 0 bridgehead atoms. The van der Waals surface area contributed by atoms with Crippen LogP contribution in [0.2, 0.25) is 0 Å². The molecule has 10 aromatic rings. The summed E-state index contributed by atoms with van der Waals surface area (Å²) < 4.78 is 6.99. The van der Waals surface area contributed by atoms with Gasteiger partial charge in [-0.25, -0.2) is 9.97 Å². The monoisotopic (exact) mass is 752 g/mol. The summed E-state index contributed by atoms with van der Waals surface area (Å²) in [5.74, 6) is 2.38. The Kier molecular flexibility index (Phi) is 8.49. The molecule has 0 spiro atoms. The molecule has 0 aliphatic carbocycles. The van der Waals surface area contributed by atoms with E-state index in [2.05, 4.69) is 194 Å². The molecule has 0 saturated carbocycles. The van der Waals surface area contributed by atoms with E-state index in [1.165, 1.54) is 11.1 Å². The van der Waals surface area contributed by atoms with Gasteiger partial charge in [-0.15, -0.1) is 0 Å². The fourth-order valence-electron chi connectivity index (χ4n) is 8.48. The molecule has 2 heterocycles. The van der Waals surface area contributed by atoms with Crippen molar-refractivity contribution in [1.82, 2.24) is 9.97 Å².